The van der Waals surface area contributed by atoms with E-state index >= 15 is 0 Å². The first-order chi connectivity index (χ1) is 13.6. The van der Waals surface area contributed by atoms with Gasteiger partial charge in [0.15, 0.2) is 0 Å². The Bertz CT molecular complexity index is 1180. The summed E-state index contributed by atoms with van der Waals surface area (Å²) in [4.78, 5) is 19.6. The Morgan fingerprint density at radius 2 is 2.11 bits per heavy atom. The van der Waals surface area contributed by atoms with E-state index in [1.54, 1.807) is 25.7 Å². The van der Waals surface area contributed by atoms with Gasteiger partial charge in [0.2, 0.25) is 0 Å². The highest BCUT2D eigenvalue weighted by atomic mass is 35.5. The Hall–Kier alpha value is -3.25. The number of H-pyrrole nitrogens is 1. The van der Waals surface area contributed by atoms with Crippen LogP contribution < -0.4 is 15.6 Å². The molecular formula is C21H19ClN4O2. The maximum absolute atomic E-state index is 12.7. The second-order valence-electron chi connectivity index (χ2n) is 6.49. The number of pyridine rings is 1. The fourth-order valence-corrected chi connectivity index (χ4v) is 3.51. The van der Waals surface area contributed by atoms with Gasteiger partial charge < -0.3 is 19.6 Å². The number of methoxy groups -OCH3 is 1. The SMILES string of the molecule is COc1ccc2cc([C@H](C)Nc3cccc(-n4ccnc4)c3)c(=O)[nH]c2c1Cl. The van der Waals surface area contributed by atoms with Gasteiger partial charge >= 0.3 is 0 Å². The van der Waals surface area contributed by atoms with E-state index in [1.807, 2.05) is 54.1 Å². The Labute approximate surface area is 166 Å². The molecular weight excluding hydrogens is 376 g/mol. The van der Waals surface area contributed by atoms with Gasteiger partial charge in [-0.2, -0.15) is 0 Å². The number of rotatable bonds is 5. The van der Waals surface area contributed by atoms with Crippen LogP contribution in [0.4, 0.5) is 5.69 Å². The van der Waals surface area contributed by atoms with Gasteiger partial charge in [-0.05, 0) is 43.3 Å². The summed E-state index contributed by atoms with van der Waals surface area (Å²) in [6.07, 6.45) is 5.36. The van der Waals surface area contributed by atoms with Crippen LogP contribution in [0.3, 0.4) is 0 Å². The molecule has 0 amide bonds. The molecule has 0 aliphatic heterocycles. The van der Waals surface area contributed by atoms with Gasteiger partial charge in [0.25, 0.3) is 5.56 Å². The molecule has 1 atom stereocenters. The third kappa shape index (κ3) is 3.34. The zero-order valence-corrected chi connectivity index (χ0v) is 16.2. The van der Waals surface area contributed by atoms with E-state index < -0.39 is 0 Å². The molecule has 2 N–H and O–H groups in total. The smallest absolute Gasteiger partial charge is 0.253 e. The summed E-state index contributed by atoms with van der Waals surface area (Å²) >= 11 is 6.32. The molecule has 0 aliphatic carbocycles. The summed E-state index contributed by atoms with van der Waals surface area (Å²) in [5, 5.41) is 4.64. The minimum absolute atomic E-state index is 0.187. The lowest BCUT2D eigenvalue weighted by atomic mass is 10.1. The van der Waals surface area contributed by atoms with Crippen molar-refractivity contribution in [2.24, 2.45) is 0 Å². The molecule has 0 radical (unpaired) electrons. The molecule has 0 unspecified atom stereocenters. The van der Waals surface area contributed by atoms with Gasteiger partial charge in [0, 0.05) is 34.7 Å². The Morgan fingerprint density at radius 3 is 2.86 bits per heavy atom. The average molecular weight is 395 g/mol. The molecule has 0 fully saturated rings. The molecule has 2 aromatic carbocycles. The van der Waals surface area contributed by atoms with Gasteiger partial charge in [-0.15, -0.1) is 0 Å². The summed E-state index contributed by atoms with van der Waals surface area (Å²) in [6.45, 7) is 1.95. The minimum Gasteiger partial charge on any atom is -0.495 e. The van der Waals surface area contributed by atoms with E-state index in [0.717, 1.165) is 16.8 Å². The number of ether oxygens (including phenoxy) is 1. The van der Waals surface area contributed by atoms with Crippen molar-refractivity contribution in [2.45, 2.75) is 13.0 Å². The Kier molecular flexibility index (Phi) is 4.79. The highest BCUT2D eigenvalue weighted by molar-refractivity contribution is 6.36. The first-order valence-electron chi connectivity index (χ1n) is 8.81. The standard InChI is InChI=1S/C21H19ClN4O2/c1-13(24-15-4-3-5-16(11-15)26-9-8-23-12-26)17-10-14-6-7-18(28-2)19(22)20(14)25-21(17)27/h3-13,24H,1-2H3,(H,25,27)/t13-/m0/s1. The number of anilines is 1. The molecule has 4 aromatic rings. The van der Waals surface area contributed by atoms with Crippen LogP contribution in [0.15, 0.2) is 66.0 Å². The van der Waals surface area contributed by atoms with Crippen molar-refractivity contribution in [1.82, 2.24) is 14.5 Å². The summed E-state index contributed by atoms with van der Waals surface area (Å²) in [6, 6.07) is 13.3. The molecule has 7 heteroatoms. The predicted molar refractivity (Wildman–Crippen MR) is 112 cm³/mol. The second kappa shape index (κ2) is 7.40. The third-order valence-electron chi connectivity index (χ3n) is 4.67. The fraction of sp³-hybridized carbons (Fsp3) is 0.143. The van der Waals surface area contributed by atoms with E-state index in [9.17, 15) is 4.79 Å². The number of hydrogen-bond donors (Lipinski definition) is 2. The zero-order chi connectivity index (χ0) is 19.7. The monoisotopic (exact) mass is 394 g/mol. The van der Waals surface area contributed by atoms with Crippen molar-refractivity contribution >= 4 is 28.2 Å². The number of imidazole rings is 1. The molecule has 0 saturated heterocycles. The zero-order valence-electron chi connectivity index (χ0n) is 15.4. The van der Waals surface area contributed by atoms with Gasteiger partial charge in [-0.3, -0.25) is 4.79 Å². The number of nitrogens with one attached hydrogen (secondary N) is 2. The minimum atomic E-state index is -0.202. The fourth-order valence-electron chi connectivity index (χ4n) is 3.21. The lowest BCUT2D eigenvalue weighted by molar-refractivity contribution is 0.415. The van der Waals surface area contributed by atoms with Crippen molar-refractivity contribution in [2.75, 3.05) is 12.4 Å². The number of benzene rings is 2. The topological polar surface area (TPSA) is 71.9 Å². The lowest BCUT2D eigenvalue weighted by Crippen LogP contribution is -2.19. The van der Waals surface area contributed by atoms with E-state index in [-0.39, 0.29) is 11.6 Å². The maximum Gasteiger partial charge on any atom is 0.253 e. The van der Waals surface area contributed by atoms with Crippen molar-refractivity contribution < 1.29 is 4.74 Å². The highest BCUT2D eigenvalue weighted by Crippen LogP contribution is 2.31. The largest absolute Gasteiger partial charge is 0.495 e. The highest BCUT2D eigenvalue weighted by Gasteiger charge is 2.14. The molecule has 142 valence electrons. The van der Waals surface area contributed by atoms with E-state index in [4.69, 9.17) is 16.3 Å². The van der Waals surface area contributed by atoms with Crippen LogP contribution in [0, 0.1) is 0 Å². The van der Waals surface area contributed by atoms with E-state index in [0.29, 0.717) is 21.9 Å². The first kappa shape index (κ1) is 18.1. The van der Waals surface area contributed by atoms with Crippen molar-refractivity contribution in [1.29, 1.82) is 0 Å². The molecule has 2 heterocycles. The number of aromatic nitrogens is 3. The van der Waals surface area contributed by atoms with Crippen molar-refractivity contribution in [3.63, 3.8) is 0 Å². The Balaban J connectivity index is 1.66. The van der Waals surface area contributed by atoms with Crippen LogP contribution in [0.2, 0.25) is 5.02 Å². The van der Waals surface area contributed by atoms with Crippen LogP contribution in [0.5, 0.6) is 5.75 Å². The van der Waals surface area contributed by atoms with E-state index in [2.05, 4.69) is 15.3 Å². The van der Waals surface area contributed by atoms with Crippen LogP contribution in [-0.4, -0.2) is 21.6 Å². The molecule has 0 saturated carbocycles. The molecule has 0 bridgehead atoms. The van der Waals surface area contributed by atoms with Crippen LogP contribution in [-0.2, 0) is 0 Å². The average Bonchev–Trinajstić information content (AvgIpc) is 3.23. The molecule has 0 spiro atoms. The van der Waals surface area contributed by atoms with Crippen LogP contribution in [0.1, 0.15) is 18.5 Å². The van der Waals surface area contributed by atoms with Crippen LogP contribution in [0.25, 0.3) is 16.6 Å². The first-order valence-corrected chi connectivity index (χ1v) is 9.19. The third-order valence-corrected chi connectivity index (χ3v) is 5.04. The van der Waals surface area contributed by atoms with Crippen LogP contribution >= 0.6 is 11.6 Å². The van der Waals surface area contributed by atoms with Gasteiger partial charge in [0.1, 0.15) is 10.8 Å². The van der Waals surface area contributed by atoms with E-state index in [1.165, 1.54) is 0 Å². The number of halogens is 1. The summed E-state index contributed by atoms with van der Waals surface area (Å²) in [5.41, 5.74) is 2.91. The second-order valence-corrected chi connectivity index (χ2v) is 6.86. The van der Waals surface area contributed by atoms with Gasteiger partial charge in [-0.1, -0.05) is 17.7 Å². The lowest BCUT2D eigenvalue weighted by Gasteiger charge is -2.17. The maximum atomic E-state index is 12.7. The van der Waals surface area contributed by atoms with Gasteiger partial charge in [0.05, 0.1) is 25.0 Å². The molecule has 6 nitrogen and oxygen atoms in total. The van der Waals surface area contributed by atoms with Crippen molar-refractivity contribution in [3.05, 3.63) is 82.1 Å². The Morgan fingerprint density at radius 1 is 1.25 bits per heavy atom. The molecule has 4 rings (SSSR count). The normalized spacial score (nSPS) is 12.1. The molecule has 2 aromatic heterocycles. The van der Waals surface area contributed by atoms with Crippen molar-refractivity contribution in [3.8, 4) is 11.4 Å². The summed E-state index contributed by atoms with van der Waals surface area (Å²) < 4.78 is 7.14. The summed E-state index contributed by atoms with van der Waals surface area (Å²) in [5.74, 6) is 0.528. The molecule has 28 heavy (non-hydrogen) atoms. The van der Waals surface area contributed by atoms with Gasteiger partial charge in [-0.25, -0.2) is 4.98 Å². The number of hydrogen-bond acceptors (Lipinski definition) is 4. The molecule has 0 aliphatic rings. The quantitative estimate of drug-likeness (QED) is 0.521. The summed E-state index contributed by atoms with van der Waals surface area (Å²) in [7, 11) is 1.55. The number of fused-ring (bicyclic) bond motifs is 1. The predicted octanol–water partition coefficient (Wildman–Crippen LogP) is 4.55. The number of aromatic amines is 1. The number of nitrogens with zero attached hydrogens (tertiary/aromatic N) is 2.